The molecule has 0 radical (unpaired) electrons. The summed E-state index contributed by atoms with van der Waals surface area (Å²) in [5.41, 5.74) is 0.385. The van der Waals surface area contributed by atoms with Gasteiger partial charge in [-0.3, -0.25) is 0 Å². The topological polar surface area (TPSA) is 18.5 Å². The van der Waals surface area contributed by atoms with Gasteiger partial charge in [0, 0.05) is 25.7 Å². The van der Waals surface area contributed by atoms with Gasteiger partial charge in [0.1, 0.15) is 0 Å². The first-order valence-electron chi connectivity index (χ1n) is 5.50. The highest BCUT2D eigenvalue weighted by Gasteiger charge is 2.32. The lowest BCUT2D eigenvalue weighted by Gasteiger charge is -2.26. The number of hydrogen-bond acceptors (Lipinski definition) is 3. The van der Waals surface area contributed by atoms with Crippen molar-refractivity contribution in [3.63, 3.8) is 0 Å². The summed E-state index contributed by atoms with van der Waals surface area (Å²) >= 11 is 4.44. The van der Waals surface area contributed by atoms with Crippen LogP contribution >= 0.6 is 12.6 Å². The zero-order valence-electron chi connectivity index (χ0n) is 9.13. The zero-order valence-corrected chi connectivity index (χ0v) is 10.0. The molecule has 1 saturated carbocycles. The fourth-order valence-electron chi connectivity index (χ4n) is 2.07. The third-order valence-corrected chi connectivity index (χ3v) is 3.72. The highest BCUT2D eigenvalue weighted by Crippen LogP contribution is 2.39. The summed E-state index contributed by atoms with van der Waals surface area (Å²) in [5, 5.41) is 0. The van der Waals surface area contributed by atoms with Crippen LogP contribution in [-0.4, -0.2) is 32.7 Å². The molecule has 3 heteroatoms. The molecule has 1 rings (SSSR count). The van der Waals surface area contributed by atoms with Gasteiger partial charge in [0.05, 0.1) is 6.61 Å². The van der Waals surface area contributed by atoms with Gasteiger partial charge in [0.15, 0.2) is 0 Å². The standard InChI is InChI=1S/C11H22O2S/c1-12-7-4-8-13-9-11(10-14)5-2-3-6-11/h14H,2-10H2,1H3. The van der Waals surface area contributed by atoms with Crippen molar-refractivity contribution < 1.29 is 9.47 Å². The fourth-order valence-corrected chi connectivity index (χ4v) is 2.47. The Hall–Kier alpha value is 0.270. The van der Waals surface area contributed by atoms with Crippen LogP contribution in [0.2, 0.25) is 0 Å². The van der Waals surface area contributed by atoms with Crippen molar-refractivity contribution in [2.24, 2.45) is 5.41 Å². The molecule has 0 heterocycles. The molecule has 0 bridgehead atoms. The normalized spacial score (nSPS) is 20.1. The van der Waals surface area contributed by atoms with E-state index in [-0.39, 0.29) is 0 Å². The smallest absolute Gasteiger partial charge is 0.0530 e. The van der Waals surface area contributed by atoms with Crippen LogP contribution in [0.1, 0.15) is 32.1 Å². The third-order valence-electron chi connectivity index (χ3n) is 3.05. The van der Waals surface area contributed by atoms with Crippen molar-refractivity contribution >= 4 is 12.6 Å². The Bertz CT molecular complexity index is 144. The maximum atomic E-state index is 5.68. The molecule has 0 aromatic rings. The van der Waals surface area contributed by atoms with Crippen LogP contribution in [0.15, 0.2) is 0 Å². The van der Waals surface area contributed by atoms with E-state index in [0.29, 0.717) is 5.41 Å². The Balaban J connectivity index is 2.08. The molecule has 0 aromatic heterocycles. The van der Waals surface area contributed by atoms with E-state index >= 15 is 0 Å². The van der Waals surface area contributed by atoms with Crippen LogP contribution < -0.4 is 0 Å². The summed E-state index contributed by atoms with van der Waals surface area (Å²) in [6, 6.07) is 0. The van der Waals surface area contributed by atoms with Gasteiger partial charge in [0.2, 0.25) is 0 Å². The SMILES string of the molecule is COCCCOCC1(CS)CCCC1. The van der Waals surface area contributed by atoms with E-state index in [1.54, 1.807) is 7.11 Å². The van der Waals surface area contributed by atoms with Crippen LogP contribution in [0.5, 0.6) is 0 Å². The highest BCUT2D eigenvalue weighted by atomic mass is 32.1. The first-order chi connectivity index (χ1) is 6.83. The van der Waals surface area contributed by atoms with Crippen LogP contribution in [-0.2, 0) is 9.47 Å². The quantitative estimate of drug-likeness (QED) is 0.523. The van der Waals surface area contributed by atoms with Crippen molar-refractivity contribution in [2.45, 2.75) is 32.1 Å². The number of thiol groups is 1. The Morgan fingerprint density at radius 3 is 2.50 bits per heavy atom. The monoisotopic (exact) mass is 218 g/mol. The number of methoxy groups -OCH3 is 1. The molecular weight excluding hydrogens is 196 g/mol. The van der Waals surface area contributed by atoms with E-state index in [1.165, 1.54) is 25.7 Å². The van der Waals surface area contributed by atoms with Crippen molar-refractivity contribution in [1.82, 2.24) is 0 Å². The van der Waals surface area contributed by atoms with Gasteiger partial charge >= 0.3 is 0 Å². The number of ether oxygens (including phenoxy) is 2. The molecule has 1 fully saturated rings. The molecular formula is C11H22O2S. The molecule has 2 nitrogen and oxygen atoms in total. The summed E-state index contributed by atoms with van der Waals surface area (Å²) in [5.74, 6) is 0.970. The van der Waals surface area contributed by atoms with Gasteiger partial charge in [-0.25, -0.2) is 0 Å². The molecule has 1 aliphatic rings. The van der Waals surface area contributed by atoms with Crippen molar-refractivity contribution in [1.29, 1.82) is 0 Å². The van der Waals surface area contributed by atoms with Crippen molar-refractivity contribution in [3.05, 3.63) is 0 Å². The van der Waals surface area contributed by atoms with Gasteiger partial charge < -0.3 is 9.47 Å². The van der Waals surface area contributed by atoms with Gasteiger partial charge in [-0.05, 0) is 25.0 Å². The molecule has 1 aliphatic carbocycles. The maximum Gasteiger partial charge on any atom is 0.0530 e. The van der Waals surface area contributed by atoms with Crippen LogP contribution in [0.25, 0.3) is 0 Å². The molecule has 0 N–H and O–H groups in total. The summed E-state index contributed by atoms with van der Waals surface area (Å²) in [6.07, 6.45) is 6.28. The largest absolute Gasteiger partial charge is 0.385 e. The molecule has 0 amide bonds. The van der Waals surface area contributed by atoms with Crippen LogP contribution in [0.4, 0.5) is 0 Å². The van der Waals surface area contributed by atoms with E-state index in [9.17, 15) is 0 Å². The Morgan fingerprint density at radius 2 is 1.93 bits per heavy atom. The molecule has 84 valence electrons. The first kappa shape index (κ1) is 12.3. The third kappa shape index (κ3) is 3.79. The van der Waals surface area contributed by atoms with Crippen LogP contribution in [0.3, 0.4) is 0 Å². The van der Waals surface area contributed by atoms with E-state index in [2.05, 4.69) is 12.6 Å². The fraction of sp³-hybridized carbons (Fsp3) is 1.00. The Morgan fingerprint density at radius 1 is 1.21 bits per heavy atom. The minimum atomic E-state index is 0.385. The van der Waals surface area contributed by atoms with E-state index in [1.807, 2.05) is 0 Å². The first-order valence-corrected chi connectivity index (χ1v) is 6.14. The summed E-state index contributed by atoms with van der Waals surface area (Å²) in [6.45, 7) is 2.51. The lowest BCUT2D eigenvalue weighted by atomic mass is 9.90. The van der Waals surface area contributed by atoms with Crippen LogP contribution in [0, 0.1) is 5.41 Å². The zero-order chi connectivity index (χ0) is 10.3. The summed E-state index contributed by atoms with van der Waals surface area (Å²) < 4.78 is 10.7. The lowest BCUT2D eigenvalue weighted by molar-refractivity contribution is 0.0464. The second-order valence-electron chi connectivity index (χ2n) is 4.26. The number of rotatable bonds is 7. The van der Waals surface area contributed by atoms with E-state index in [4.69, 9.17) is 9.47 Å². The predicted octanol–water partition coefficient (Wildman–Crippen LogP) is 2.53. The Labute approximate surface area is 92.8 Å². The minimum absolute atomic E-state index is 0.385. The maximum absolute atomic E-state index is 5.68. The van der Waals surface area contributed by atoms with E-state index < -0.39 is 0 Å². The summed E-state index contributed by atoms with van der Waals surface area (Å²) in [7, 11) is 1.73. The average Bonchev–Trinajstić information content (AvgIpc) is 2.67. The number of hydrogen-bond donors (Lipinski definition) is 1. The van der Waals surface area contributed by atoms with E-state index in [0.717, 1.165) is 32.0 Å². The molecule has 0 atom stereocenters. The van der Waals surface area contributed by atoms with Gasteiger partial charge in [0.25, 0.3) is 0 Å². The molecule has 0 saturated heterocycles. The molecule has 0 spiro atoms. The molecule has 0 unspecified atom stereocenters. The highest BCUT2D eigenvalue weighted by molar-refractivity contribution is 7.80. The minimum Gasteiger partial charge on any atom is -0.385 e. The lowest BCUT2D eigenvalue weighted by Crippen LogP contribution is -2.25. The van der Waals surface area contributed by atoms with Gasteiger partial charge in [-0.1, -0.05) is 12.8 Å². The van der Waals surface area contributed by atoms with Gasteiger partial charge in [-0.2, -0.15) is 12.6 Å². The second-order valence-corrected chi connectivity index (χ2v) is 4.58. The van der Waals surface area contributed by atoms with Crippen molar-refractivity contribution in [3.8, 4) is 0 Å². The predicted molar refractivity (Wildman–Crippen MR) is 62.1 cm³/mol. The Kier molecular flexibility index (Phi) is 5.90. The summed E-state index contributed by atoms with van der Waals surface area (Å²) in [4.78, 5) is 0. The second kappa shape index (κ2) is 6.70. The van der Waals surface area contributed by atoms with Gasteiger partial charge in [-0.15, -0.1) is 0 Å². The molecule has 14 heavy (non-hydrogen) atoms. The van der Waals surface area contributed by atoms with Crippen molar-refractivity contribution in [2.75, 3.05) is 32.7 Å². The average molecular weight is 218 g/mol. The molecule has 0 aromatic carbocycles. The molecule has 0 aliphatic heterocycles.